The Labute approximate surface area is 166 Å². The minimum absolute atomic E-state index is 0.0571. The van der Waals surface area contributed by atoms with Crippen LogP contribution in [0.4, 0.5) is 0 Å². The van der Waals surface area contributed by atoms with Crippen LogP contribution < -0.4 is 0 Å². The van der Waals surface area contributed by atoms with Gasteiger partial charge < -0.3 is 9.47 Å². The fourth-order valence-electron chi connectivity index (χ4n) is 3.95. The Morgan fingerprint density at radius 1 is 1.11 bits per heavy atom. The smallest absolute Gasteiger partial charge is 0.233 e. The fraction of sp³-hybridized carbons (Fsp3) is 0.778. The molecule has 0 radical (unpaired) electrons. The lowest BCUT2D eigenvalue weighted by Gasteiger charge is -2.33. The van der Waals surface area contributed by atoms with E-state index in [2.05, 4.69) is 11.5 Å². The van der Waals surface area contributed by atoms with Gasteiger partial charge in [-0.05, 0) is 26.7 Å². The second-order valence-corrected chi connectivity index (χ2v) is 10.5. The van der Waals surface area contributed by atoms with E-state index in [-0.39, 0.29) is 5.91 Å². The molecule has 152 valence electrons. The number of aryl methyl sites for hydroxylation is 1. The second-order valence-electron chi connectivity index (χ2n) is 7.56. The van der Waals surface area contributed by atoms with Crippen molar-refractivity contribution < 1.29 is 13.2 Å². The molecule has 1 saturated carbocycles. The molecule has 9 heteroatoms. The van der Waals surface area contributed by atoms with Crippen molar-refractivity contribution in [2.45, 2.75) is 57.1 Å². The molecule has 1 aromatic rings. The number of nitrogens with zero attached hydrogens (tertiary/aromatic N) is 4. The van der Waals surface area contributed by atoms with Crippen molar-refractivity contribution in [3.05, 3.63) is 11.4 Å². The van der Waals surface area contributed by atoms with Gasteiger partial charge in [0, 0.05) is 37.9 Å². The molecule has 7 nitrogen and oxygen atoms in total. The Bertz CT molecular complexity index is 777. The zero-order valence-corrected chi connectivity index (χ0v) is 18.1. The molecule has 1 amide bonds. The quantitative estimate of drug-likeness (QED) is 0.691. The van der Waals surface area contributed by atoms with Crippen LogP contribution in [0.25, 0.3) is 0 Å². The van der Waals surface area contributed by atoms with Crippen LogP contribution in [-0.2, 0) is 14.8 Å². The first kappa shape index (κ1) is 20.7. The summed E-state index contributed by atoms with van der Waals surface area (Å²) in [6, 6.07) is 0.496. The number of thioether (sulfide) groups is 1. The maximum absolute atomic E-state index is 12.6. The molecule has 1 aliphatic carbocycles. The average molecular weight is 415 g/mol. The summed E-state index contributed by atoms with van der Waals surface area (Å²) >= 11 is 1.51. The van der Waals surface area contributed by atoms with Gasteiger partial charge in [-0.1, -0.05) is 31.0 Å². The lowest BCUT2D eigenvalue weighted by Crippen LogP contribution is -2.50. The van der Waals surface area contributed by atoms with E-state index in [9.17, 15) is 13.2 Å². The highest BCUT2D eigenvalue weighted by molar-refractivity contribution is 7.99. The van der Waals surface area contributed by atoms with Crippen molar-refractivity contribution >= 4 is 27.7 Å². The van der Waals surface area contributed by atoms with E-state index in [0.717, 1.165) is 10.9 Å². The first-order valence-corrected chi connectivity index (χ1v) is 12.5. The number of sulfonamides is 1. The Morgan fingerprint density at radius 3 is 2.33 bits per heavy atom. The van der Waals surface area contributed by atoms with Crippen LogP contribution in [0.3, 0.4) is 0 Å². The zero-order chi connectivity index (χ0) is 19.6. The summed E-state index contributed by atoms with van der Waals surface area (Å²) in [4.78, 5) is 19.1. The van der Waals surface area contributed by atoms with Crippen molar-refractivity contribution in [1.82, 2.24) is 18.8 Å². The number of hydrogen-bond acceptors (Lipinski definition) is 5. The molecule has 1 aromatic heterocycles. The summed E-state index contributed by atoms with van der Waals surface area (Å²) in [5.74, 6) is 0.406. The van der Waals surface area contributed by atoms with Gasteiger partial charge in [0.1, 0.15) is 0 Å². The monoisotopic (exact) mass is 414 g/mol. The van der Waals surface area contributed by atoms with Gasteiger partial charge in [-0.15, -0.1) is 0 Å². The highest BCUT2D eigenvalue weighted by Gasteiger charge is 2.27. The minimum atomic E-state index is -3.17. The van der Waals surface area contributed by atoms with E-state index >= 15 is 0 Å². The highest BCUT2D eigenvalue weighted by Crippen LogP contribution is 2.34. The molecule has 27 heavy (non-hydrogen) atoms. The molecule has 1 saturated heterocycles. The molecular formula is C18H30N4O3S2. The van der Waals surface area contributed by atoms with Crippen molar-refractivity contribution in [3.63, 3.8) is 0 Å². The van der Waals surface area contributed by atoms with Crippen LogP contribution in [0.2, 0.25) is 0 Å². The van der Waals surface area contributed by atoms with Gasteiger partial charge in [-0.2, -0.15) is 4.31 Å². The summed E-state index contributed by atoms with van der Waals surface area (Å²) in [6.07, 6.45) is 7.42. The summed E-state index contributed by atoms with van der Waals surface area (Å²) in [5.41, 5.74) is 2.25. The van der Waals surface area contributed by atoms with Gasteiger partial charge >= 0.3 is 0 Å². The van der Waals surface area contributed by atoms with Gasteiger partial charge in [-0.3, -0.25) is 4.79 Å². The molecule has 2 heterocycles. The number of carbonyl (C=O) groups is 1. The van der Waals surface area contributed by atoms with E-state index in [1.165, 1.54) is 60.1 Å². The molecule has 2 fully saturated rings. The topological polar surface area (TPSA) is 75.5 Å². The Hall–Kier alpha value is -1.06. The third kappa shape index (κ3) is 4.86. The fourth-order valence-corrected chi connectivity index (χ4v) is 5.84. The van der Waals surface area contributed by atoms with Crippen LogP contribution >= 0.6 is 11.8 Å². The summed E-state index contributed by atoms with van der Waals surface area (Å²) < 4.78 is 27.0. The predicted octanol–water partition coefficient (Wildman–Crippen LogP) is 2.20. The average Bonchev–Trinajstić information content (AvgIpc) is 2.94. The van der Waals surface area contributed by atoms with Gasteiger partial charge in [0.25, 0.3) is 0 Å². The molecular weight excluding hydrogens is 384 g/mol. The van der Waals surface area contributed by atoms with Crippen LogP contribution in [0.5, 0.6) is 0 Å². The van der Waals surface area contributed by atoms with Gasteiger partial charge in [0.05, 0.1) is 17.7 Å². The molecule has 0 bridgehead atoms. The van der Waals surface area contributed by atoms with Crippen LogP contribution in [0, 0.1) is 13.8 Å². The SMILES string of the molecule is Cc1nc(SCC(=O)N2CCN(S(C)(=O)=O)CC2)n(C2CCCCC2)c1C. The first-order valence-electron chi connectivity index (χ1n) is 9.68. The van der Waals surface area contributed by atoms with Crippen molar-refractivity contribution in [1.29, 1.82) is 0 Å². The van der Waals surface area contributed by atoms with Gasteiger partial charge in [0.15, 0.2) is 5.16 Å². The van der Waals surface area contributed by atoms with Crippen molar-refractivity contribution in [2.24, 2.45) is 0 Å². The largest absolute Gasteiger partial charge is 0.339 e. The molecule has 0 unspecified atom stereocenters. The maximum Gasteiger partial charge on any atom is 0.233 e. The van der Waals surface area contributed by atoms with Crippen molar-refractivity contribution in [3.8, 4) is 0 Å². The maximum atomic E-state index is 12.6. The highest BCUT2D eigenvalue weighted by atomic mass is 32.2. The van der Waals surface area contributed by atoms with Gasteiger partial charge in [0.2, 0.25) is 15.9 Å². The number of aromatic nitrogens is 2. The molecule has 2 aliphatic rings. The standard InChI is InChI=1S/C18H30N4O3S2/c1-14-15(2)22(16-7-5-4-6-8-16)18(19-14)26-13-17(23)20-9-11-21(12-10-20)27(3,24)25/h16H,4-13H2,1-3H3. The van der Waals surface area contributed by atoms with E-state index < -0.39 is 10.0 Å². The third-order valence-corrected chi connectivity index (χ3v) is 7.92. The summed E-state index contributed by atoms with van der Waals surface area (Å²) in [6.45, 7) is 5.83. The molecule has 3 rings (SSSR count). The number of carbonyl (C=O) groups excluding carboxylic acids is 1. The molecule has 0 spiro atoms. The Balaban J connectivity index is 1.60. The lowest BCUT2D eigenvalue weighted by molar-refractivity contribution is -0.129. The van der Waals surface area contributed by atoms with Crippen LogP contribution in [0.1, 0.15) is 49.5 Å². The number of piperazine rings is 1. The molecule has 0 aromatic carbocycles. The molecule has 0 N–H and O–H groups in total. The normalized spacial score (nSPS) is 20.2. The lowest BCUT2D eigenvalue weighted by atomic mass is 9.95. The first-order chi connectivity index (χ1) is 12.8. The van der Waals surface area contributed by atoms with E-state index in [4.69, 9.17) is 4.98 Å². The Kier molecular flexibility index (Phi) is 6.53. The number of amides is 1. The number of hydrogen-bond donors (Lipinski definition) is 0. The third-order valence-electron chi connectivity index (χ3n) is 5.68. The predicted molar refractivity (Wildman–Crippen MR) is 108 cm³/mol. The Morgan fingerprint density at radius 2 is 1.74 bits per heavy atom. The number of imidazole rings is 1. The minimum Gasteiger partial charge on any atom is -0.339 e. The zero-order valence-electron chi connectivity index (χ0n) is 16.5. The van der Waals surface area contributed by atoms with Gasteiger partial charge in [-0.25, -0.2) is 13.4 Å². The summed E-state index contributed by atoms with van der Waals surface area (Å²) in [5, 5.41) is 0.944. The summed E-state index contributed by atoms with van der Waals surface area (Å²) in [7, 11) is -3.17. The molecule has 1 aliphatic heterocycles. The van der Waals surface area contributed by atoms with E-state index in [1.54, 1.807) is 4.90 Å². The van der Waals surface area contributed by atoms with E-state index in [1.807, 2.05) is 6.92 Å². The van der Waals surface area contributed by atoms with E-state index in [0.29, 0.717) is 38.0 Å². The van der Waals surface area contributed by atoms with Crippen LogP contribution in [0.15, 0.2) is 5.16 Å². The van der Waals surface area contributed by atoms with Crippen LogP contribution in [-0.4, -0.2) is 71.3 Å². The molecule has 0 atom stereocenters. The second kappa shape index (κ2) is 8.53. The number of rotatable bonds is 5. The van der Waals surface area contributed by atoms with Crippen molar-refractivity contribution in [2.75, 3.05) is 38.2 Å².